The first-order chi connectivity index (χ1) is 16.6. The van der Waals surface area contributed by atoms with E-state index in [9.17, 15) is 10.1 Å². The maximum absolute atomic E-state index is 12.9. The van der Waals surface area contributed by atoms with Gasteiger partial charge in [-0.2, -0.15) is 5.26 Å². The number of nitriles is 1. The molecule has 3 saturated carbocycles. The third-order valence-electron chi connectivity index (χ3n) is 7.48. The highest BCUT2D eigenvalue weighted by atomic mass is 16.2. The summed E-state index contributed by atoms with van der Waals surface area (Å²) in [6.45, 7) is 6.03. The lowest BCUT2D eigenvalue weighted by atomic mass is 10.0. The van der Waals surface area contributed by atoms with Crippen LogP contribution in [0.15, 0.2) is 31.0 Å². The minimum atomic E-state index is 0.242. The zero-order chi connectivity index (χ0) is 23.2. The number of hydrogen-bond acceptors (Lipinski definition) is 6. The number of rotatable bonds is 7. The van der Waals surface area contributed by atoms with Gasteiger partial charge in [-0.05, 0) is 68.7 Å². The molecule has 3 aliphatic carbocycles. The van der Waals surface area contributed by atoms with Gasteiger partial charge in [-0.25, -0.2) is 4.98 Å². The Morgan fingerprint density at radius 1 is 1.18 bits per heavy atom. The quantitative estimate of drug-likeness (QED) is 0.665. The van der Waals surface area contributed by atoms with E-state index in [0.717, 1.165) is 73.9 Å². The standard InChI is InChI=1S/C27H30N6O/c1-2-21-14-22(9-10-29-21)30-23-13-20(15-28)26(31-25(23)18-5-6-18)32-11-12-33(27(34)19-7-8-19)24(16-32)17-3-4-17/h2,9-10,13-14,17-19,24H,1,3-8,11-12,16H2,(H,29,30)/t24-/m0/s1. The molecule has 0 unspecified atom stereocenters. The topological polar surface area (TPSA) is 85.2 Å². The lowest BCUT2D eigenvalue weighted by Crippen LogP contribution is -2.57. The number of nitrogens with zero attached hydrogens (tertiary/aromatic N) is 5. The third-order valence-corrected chi connectivity index (χ3v) is 7.48. The van der Waals surface area contributed by atoms with Crippen LogP contribution >= 0.6 is 0 Å². The van der Waals surface area contributed by atoms with E-state index < -0.39 is 0 Å². The molecule has 1 atom stereocenters. The van der Waals surface area contributed by atoms with E-state index in [2.05, 4.69) is 32.7 Å². The van der Waals surface area contributed by atoms with Crippen LogP contribution in [0.4, 0.5) is 17.2 Å². The van der Waals surface area contributed by atoms with Crippen molar-refractivity contribution in [3.63, 3.8) is 0 Å². The van der Waals surface area contributed by atoms with Crippen molar-refractivity contribution >= 4 is 29.2 Å². The molecular formula is C27H30N6O. The minimum absolute atomic E-state index is 0.242. The molecule has 34 heavy (non-hydrogen) atoms. The summed E-state index contributed by atoms with van der Waals surface area (Å²) in [5, 5.41) is 13.5. The van der Waals surface area contributed by atoms with Crippen molar-refractivity contribution in [2.45, 2.75) is 50.5 Å². The van der Waals surface area contributed by atoms with Gasteiger partial charge in [-0.3, -0.25) is 9.78 Å². The molecule has 1 saturated heterocycles. The van der Waals surface area contributed by atoms with Gasteiger partial charge in [0, 0.05) is 43.4 Å². The fraction of sp³-hybridized carbons (Fsp3) is 0.481. The number of carbonyl (C=O) groups excluding carboxylic acids is 1. The molecule has 6 rings (SSSR count). The molecule has 174 valence electrons. The fourth-order valence-corrected chi connectivity index (χ4v) is 5.13. The van der Waals surface area contributed by atoms with Gasteiger partial charge in [-0.15, -0.1) is 0 Å². The average molecular weight is 455 g/mol. The van der Waals surface area contributed by atoms with Gasteiger partial charge in [0.1, 0.15) is 11.9 Å². The molecule has 0 radical (unpaired) electrons. The first-order valence-corrected chi connectivity index (χ1v) is 12.5. The summed E-state index contributed by atoms with van der Waals surface area (Å²) in [5.41, 5.74) is 4.22. The summed E-state index contributed by atoms with van der Waals surface area (Å²) >= 11 is 0. The van der Waals surface area contributed by atoms with Crippen LogP contribution in [-0.4, -0.2) is 46.5 Å². The minimum Gasteiger partial charge on any atom is -0.354 e. The summed E-state index contributed by atoms with van der Waals surface area (Å²) < 4.78 is 0. The summed E-state index contributed by atoms with van der Waals surface area (Å²) in [6, 6.07) is 8.46. The Balaban J connectivity index is 1.30. The zero-order valence-electron chi connectivity index (χ0n) is 19.4. The summed E-state index contributed by atoms with van der Waals surface area (Å²) in [6.07, 6.45) is 10.2. The second-order valence-corrected chi connectivity index (χ2v) is 10.1. The number of carbonyl (C=O) groups is 1. The van der Waals surface area contributed by atoms with E-state index in [1.807, 2.05) is 18.2 Å². The molecule has 4 aliphatic rings. The molecule has 0 spiro atoms. The number of nitrogens with one attached hydrogen (secondary N) is 1. The number of aromatic nitrogens is 2. The van der Waals surface area contributed by atoms with Crippen molar-refractivity contribution in [3.05, 3.63) is 47.9 Å². The first-order valence-electron chi connectivity index (χ1n) is 12.5. The Bertz CT molecular complexity index is 1170. The van der Waals surface area contributed by atoms with Crippen molar-refractivity contribution in [2.24, 2.45) is 11.8 Å². The Hall–Kier alpha value is -3.40. The van der Waals surface area contributed by atoms with Crippen LogP contribution in [0.1, 0.15) is 61.4 Å². The first kappa shape index (κ1) is 21.2. The van der Waals surface area contributed by atoms with Gasteiger partial charge < -0.3 is 15.1 Å². The van der Waals surface area contributed by atoms with Gasteiger partial charge in [0.2, 0.25) is 5.91 Å². The van der Waals surface area contributed by atoms with Gasteiger partial charge in [0.05, 0.1) is 28.7 Å². The largest absolute Gasteiger partial charge is 0.354 e. The van der Waals surface area contributed by atoms with Crippen molar-refractivity contribution in [3.8, 4) is 6.07 Å². The number of piperazine rings is 1. The van der Waals surface area contributed by atoms with Crippen LogP contribution in [0.3, 0.4) is 0 Å². The molecule has 2 aromatic rings. The molecule has 0 aromatic carbocycles. The molecule has 2 aromatic heterocycles. The smallest absolute Gasteiger partial charge is 0.226 e. The maximum Gasteiger partial charge on any atom is 0.226 e. The third kappa shape index (κ3) is 4.13. The summed E-state index contributed by atoms with van der Waals surface area (Å²) in [7, 11) is 0. The summed E-state index contributed by atoms with van der Waals surface area (Å²) in [4.78, 5) is 26.7. The normalized spacial score (nSPS) is 22.3. The highest BCUT2D eigenvalue weighted by Crippen LogP contribution is 2.45. The molecule has 3 heterocycles. The van der Waals surface area contributed by atoms with E-state index in [1.54, 1.807) is 12.3 Å². The molecule has 1 N–H and O–H groups in total. The van der Waals surface area contributed by atoms with Gasteiger partial charge >= 0.3 is 0 Å². The summed E-state index contributed by atoms with van der Waals surface area (Å²) in [5.74, 6) is 2.39. The van der Waals surface area contributed by atoms with Crippen molar-refractivity contribution in [1.82, 2.24) is 14.9 Å². The molecular weight excluding hydrogens is 424 g/mol. The lowest BCUT2D eigenvalue weighted by Gasteiger charge is -2.43. The van der Waals surface area contributed by atoms with Crippen molar-refractivity contribution in [2.75, 3.05) is 29.9 Å². The Morgan fingerprint density at radius 2 is 2.00 bits per heavy atom. The zero-order valence-corrected chi connectivity index (χ0v) is 19.4. The molecule has 1 aliphatic heterocycles. The Morgan fingerprint density at radius 3 is 2.68 bits per heavy atom. The van der Waals surface area contributed by atoms with Gasteiger partial charge in [0.15, 0.2) is 0 Å². The monoisotopic (exact) mass is 454 g/mol. The fourth-order valence-electron chi connectivity index (χ4n) is 5.13. The molecule has 0 bridgehead atoms. The van der Waals surface area contributed by atoms with Crippen LogP contribution in [-0.2, 0) is 4.79 Å². The SMILES string of the molecule is C=Cc1cc(Nc2cc(C#N)c(N3CCN(C(=O)C4CC4)[C@H](C4CC4)C3)nc2C2CC2)ccn1. The van der Waals surface area contributed by atoms with Gasteiger partial charge in [0.25, 0.3) is 0 Å². The molecule has 1 amide bonds. The number of pyridine rings is 2. The Kier molecular flexibility index (Phi) is 5.24. The number of hydrogen-bond donors (Lipinski definition) is 1. The van der Waals surface area contributed by atoms with E-state index in [4.69, 9.17) is 4.98 Å². The Labute approximate surface area is 200 Å². The van der Waals surface area contributed by atoms with Crippen LogP contribution in [0, 0.1) is 23.2 Å². The average Bonchev–Trinajstić information content (AvgIpc) is 3.73. The van der Waals surface area contributed by atoms with E-state index in [-0.39, 0.29) is 12.0 Å². The molecule has 7 heteroatoms. The number of amides is 1. The highest BCUT2D eigenvalue weighted by Gasteiger charge is 2.45. The second-order valence-electron chi connectivity index (χ2n) is 10.1. The van der Waals surface area contributed by atoms with E-state index in [0.29, 0.717) is 23.3 Å². The van der Waals surface area contributed by atoms with Crippen molar-refractivity contribution in [1.29, 1.82) is 5.26 Å². The predicted molar refractivity (Wildman–Crippen MR) is 132 cm³/mol. The highest BCUT2D eigenvalue weighted by molar-refractivity contribution is 5.82. The lowest BCUT2D eigenvalue weighted by molar-refractivity contribution is -0.135. The van der Waals surface area contributed by atoms with Gasteiger partial charge in [-0.1, -0.05) is 6.58 Å². The van der Waals surface area contributed by atoms with Crippen LogP contribution < -0.4 is 10.2 Å². The van der Waals surface area contributed by atoms with Crippen LogP contribution in [0.5, 0.6) is 0 Å². The molecule has 4 fully saturated rings. The van der Waals surface area contributed by atoms with Crippen LogP contribution in [0.25, 0.3) is 6.08 Å². The maximum atomic E-state index is 12.9. The van der Waals surface area contributed by atoms with Crippen LogP contribution in [0.2, 0.25) is 0 Å². The molecule has 7 nitrogen and oxygen atoms in total. The predicted octanol–water partition coefficient (Wildman–Crippen LogP) is 4.45. The van der Waals surface area contributed by atoms with Crippen molar-refractivity contribution < 1.29 is 4.79 Å². The second kappa shape index (κ2) is 8.43. The van der Waals surface area contributed by atoms with E-state index >= 15 is 0 Å². The van der Waals surface area contributed by atoms with E-state index in [1.165, 1.54) is 12.8 Å². The number of anilines is 3.